The summed E-state index contributed by atoms with van der Waals surface area (Å²) in [6.45, 7) is 2.41. The quantitative estimate of drug-likeness (QED) is 0.352. The third-order valence-electron chi connectivity index (χ3n) is 4.39. The average Bonchev–Trinajstić information content (AvgIpc) is 3.34. The van der Waals surface area contributed by atoms with Gasteiger partial charge in [0.15, 0.2) is 0 Å². The highest BCUT2D eigenvalue weighted by molar-refractivity contribution is 7.13. The highest BCUT2D eigenvalue weighted by Gasteiger charge is 2.13. The van der Waals surface area contributed by atoms with Crippen molar-refractivity contribution in [3.8, 4) is 21.8 Å². The minimum Gasteiger partial charge on any atom is -0.349 e. The van der Waals surface area contributed by atoms with E-state index in [0.717, 1.165) is 37.4 Å². The summed E-state index contributed by atoms with van der Waals surface area (Å²) in [5.41, 5.74) is 3.54. The first-order chi connectivity index (χ1) is 14.5. The molecule has 4 aromatic rings. The molecule has 30 heavy (non-hydrogen) atoms. The Bertz CT molecular complexity index is 1190. The Labute approximate surface area is 192 Å². The molecule has 4 nitrogen and oxygen atoms in total. The van der Waals surface area contributed by atoms with Crippen molar-refractivity contribution in [1.29, 1.82) is 0 Å². The summed E-state index contributed by atoms with van der Waals surface area (Å²) in [4.78, 5) is 22.7. The predicted molar refractivity (Wildman–Crippen MR) is 125 cm³/mol. The third-order valence-corrected chi connectivity index (χ3v) is 6.87. The molecule has 0 fully saturated rings. The lowest BCUT2D eigenvalue weighted by Gasteiger charge is -2.02. The second-order valence-corrected chi connectivity index (χ2v) is 9.59. The molecule has 0 bridgehead atoms. The van der Waals surface area contributed by atoms with Crippen LogP contribution < -0.4 is 5.32 Å². The van der Waals surface area contributed by atoms with Crippen LogP contribution in [0.3, 0.4) is 0 Å². The van der Waals surface area contributed by atoms with Crippen LogP contribution in [-0.4, -0.2) is 15.9 Å². The molecule has 1 amide bonds. The molecule has 1 N–H and O–H groups in total. The summed E-state index contributed by atoms with van der Waals surface area (Å²) in [5.74, 6) is -0.0908. The fourth-order valence-electron chi connectivity index (χ4n) is 2.95. The fraction of sp³-hybridized carbons (Fsp3) is 0.136. The topological polar surface area (TPSA) is 54.9 Å². The Morgan fingerprint density at radius 3 is 2.60 bits per heavy atom. The van der Waals surface area contributed by atoms with Crippen LogP contribution in [0.15, 0.2) is 53.9 Å². The van der Waals surface area contributed by atoms with Gasteiger partial charge in [-0.05, 0) is 25.1 Å². The average molecular weight is 474 g/mol. The zero-order valence-corrected chi connectivity index (χ0v) is 19.1. The van der Waals surface area contributed by atoms with Crippen LogP contribution >= 0.6 is 45.9 Å². The largest absolute Gasteiger partial charge is 0.349 e. The zero-order chi connectivity index (χ0) is 21.1. The van der Waals surface area contributed by atoms with Crippen LogP contribution in [0.25, 0.3) is 21.8 Å². The van der Waals surface area contributed by atoms with E-state index in [1.165, 1.54) is 11.3 Å². The number of carbonyl (C=O) groups is 1. The number of benzene rings is 2. The number of nitrogens with one attached hydrogen (secondary N) is 1. The SMILES string of the molecule is Cc1sc(CNC(=O)Cc2csc(-c3ccccc3Cl)n2)nc1-c1ccc(Cl)cc1. The first-order valence-corrected chi connectivity index (χ1v) is 11.6. The van der Waals surface area contributed by atoms with Crippen molar-refractivity contribution in [2.45, 2.75) is 19.9 Å². The van der Waals surface area contributed by atoms with Gasteiger partial charge in [0, 0.05) is 26.4 Å². The Kier molecular flexibility index (Phi) is 6.49. The van der Waals surface area contributed by atoms with Crippen LogP contribution in [0.5, 0.6) is 0 Å². The van der Waals surface area contributed by atoms with Crippen LogP contribution in [0.4, 0.5) is 0 Å². The number of amides is 1. The van der Waals surface area contributed by atoms with Gasteiger partial charge in [0.2, 0.25) is 5.91 Å². The Balaban J connectivity index is 1.37. The van der Waals surface area contributed by atoms with Crippen molar-refractivity contribution in [1.82, 2.24) is 15.3 Å². The van der Waals surface area contributed by atoms with Gasteiger partial charge in [-0.1, -0.05) is 53.5 Å². The number of aryl methyl sites for hydroxylation is 1. The van der Waals surface area contributed by atoms with Gasteiger partial charge in [-0.15, -0.1) is 22.7 Å². The number of rotatable bonds is 6. The van der Waals surface area contributed by atoms with E-state index in [2.05, 4.69) is 15.3 Å². The summed E-state index contributed by atoms with van der Waals surface area (Å²) in [5, 5.41) is 7.85. The van der Waals surface area contributed by atoms with Crippen molar-refractivity contribution in [3.05, 3.63) is 79.5 Å². The normalized spacial score (nSPS) is 10.9. The molecular formula is C22H17Cl2N3OS2. The number of hydrogen-bond acceptors (Lipinski definition) is 5. The van der Waals surface area contributed by atoms with Crippen molar-refractivity contribution < 1.29 is 4.79 Å². The Morgan fingerprint density at radius 1 is 1.07 bits per heavy atom. The number of thiazole rings is 2. The lowest BCUT2D eigenvalue weighted by molar-refractivity contribution is -0.120. The first-order valence-electron chi connectivity index (χ1n) is 9.18. The lowest BCUT2D eigenvalue weighted by atomic mass is 10.1. The molecule has 8 heteroatoms. The van der Waals surface area contributed by atoms with E-state index in [4.69, 9.17) is 23.2 Å². The molecule has 2 aromatic carbocycles. The number of carbonyl (C=O) groups excluding carboxylic acids is 1. The predicted octanol–water partition coefficient (Wildman–Crippen LogP) is 6.41. The van der Waals surface area contributed by atoms with Crippen LogP contribution in [-0.2, 0) is 17.8 Å². The number of halogens is 2. The van der Waals surface area contributed by atoms with Gasteiger partial charge in [0.1, 0.15) is 10.0 Å². The lowest BCUT2D eigenvalue weighted by Crippen LogP contribution is -2.24. The molecule has 0 saturated carbocycles. The van der Waals surface area contributed by atoms with E-state index in [0.29, 0.717) is 16.6 Å². The molecule has 152 valence electrons. The summed E-state index contributed by atoms with van der Waals surface area (Å²) in [6.07, 6.45) is 0.218. The van der Waals surface area contributed by atoms with Crippen LogP contribution in [0, 0.1) is 6.92 Å². The molecule has 0 aliphatic carbocycles. The van der Waals surface area contributed by atoms with Crippen molar-refractivity contribution in [2.75, 3.05) is 0 Å². The Hall–Kier alpha value is -2.25. The van der Waals surface area contributed by atoms with Gasteiger partial charge < -0.3 is 5.32 Å². The third kappa shape index (κ3) is 4.90. The molecule has 0 aliphatic heterocycles. The zero-order valence-electron chi connectivity index (χ0n) is 16.0. The Morgan fingerprint density at radius 2 is 1.83 bits per heavy atom. The number of aromatic nitrogens is 2. The maximum Gasteiger partial charge on any atom is 0.226 e. The van der Waals surface area contributed by atoms with E-state index in [-0.39, 0.29) is 12.3 Å². The molecule has 0 spiro atoms. The summed E-state index contributed by atoms with van der Waals surface area (Å²) < 4.78 is 0. The van der Waals surface area contributed by atoms with Gasteiger partial charge in [-0.25, -0.2) is 9.97 Å². The van der Waals surface area contributed by atoms with Crippen molar-refractivity contribution in [3.63, 3.8) is 0 Å². The van der Waals surface area contributed by atoms with Crippen LogP contribution in [0.2, 0.25) is 10.0 Å². The monoisotopic (exact) mass is 473 g/mol. The second kappa shape index (κ2) is 9.27. The highest BCUT2D eigenvalue weighted by atomic mass is 35.5. The maximum atomic E-state index is 12.4. The molecule has 0 aliphatic rings. The molecule has 2 aromatic heterocycles. The molecule has 0 saturated heterocycles. The molecule has 2 heterocycles. The van der Waals surface area contributed by atoms with Gasteiger partial charge in [-0.2, -0.15) is 0 Å². The maximum absolute atomic E-state index is 12.4. The summed E-state index contributed by atoms with van der Waals surface area (Å²) in [7, 11) is 0. The summed E-state index contributed by atoms with van der Waals surface area (Å²) >= 11 is 15.3. The number of hydrogen-bond donors (Lipinski definition) is 1. The van der Waals surface area contributed by atoms with E-state index in [1.807, 2.05) is 60.8 Å². The first kappa shape index (κ1) is 21.0. The minimum atomic E-state index is -0.0908. The van der Waals surface area contributed by atoms with E-state index in [1.54, 1.807) is 11.3 Å². The van der Waals surface area contributed by atoms with Gasteiger partial charge in [0.05, 0.1) is 29.4 Å². The van der Waals surface area contributed by atoms with Crippen LogP contribution in [0.1, 0.15) is 15.6 Å². The summed E-state index contributed by atoms with van der Waals surface area (Å²) in [6, 6.07) is 15.2. The highest BCUT2D eigenvalue weighted by Crippen LogP contribution is 2.30. The van der Waals surface area contributed by atoms with Gasteiger partial charge in [0.25, 0.3) is 0 Å². The standard InChI is InChI=1S/C22H17Cl2N3OS2/c1-13-21(14-6-8-15(23)9-7-14)27-20(30-13)11-25-19(28)10-16-12-29-22(26-16)17-4-2-3-5-18(17)24/h2-9,12H,10-11H2,1H3,(H,25,28). The van der Waals surface area contributed by atoms with Gasteiger partial charge >= 0.3 is 0 Å². The van der Waals surface area contributed by atoms with E-state index in [9.17, 15) is 4.79 Å². The van der Waals surface area contributed by atoms with Crippen molar-refractivity contribution in [2.24, 2.45) is 0 Å². The molecule has 0 unspecified atom stereocenters. The molecule has 0 radical (unpaired) electrons. The smallest absolute Gasteiger partial charge is 0.226 e. The molecule has 4 rings (SSSR count). The molecular weight excluding hydrogens is 457 g/mol. The van der Waals surface area contributed by atoms with Crippen molar-refractivity contribution >= 4 is 51.8 Å². The minimum absolute atomic E-state index is 0.0908. The fourth-order valence-corrected chi connectivity index (χ4v) is 5.11. The van der Waals surface area contributed by atoms with E-state index >= 15 is 0 Å². The molecule has 0 atom stereocenters. The van der Waals surface area contributed by atoms with Gasteiger partial charge in [-0.3, -0.25) is 4.79 Å². The number of nitrogens with zero attached hydrogens (tertiary/aromatic N) is 2. The van der Waals surface area contributed by atoms with E-state index < -0.39 is 0 Å². The second-order valence-electron chi connectivity index (χ2n) is 6.60.